The average molecular weight is 292 g/mol. The Morgan fingerprint density at radius 1 is 1.52 bits per heavy atom. The number of nitrogens with one attached hydrogen (secondary N) is 1. The van der Waals surface area contributed by atoms with Gasteiger partial charge in [-0.1, -0.05) is 0 Å². The van der Waals surface area contributed by atoms with Crippen molar-refractivity contribution in [2.75, 3.05) is 0 Å². The molecule has 0 bridgehead atoms. The zero-order valence-corrected chi connectivity index (χ0v) is 11.5. The minimum absolute atomic E-state index is 0.0508. The number of hydrogen-bond acceptors (Lipinski definition) is 4. The maximum Gasteiger partial charge on any atom is 0.270 e. The molecule has 0 radical (unpaired) electrons. The van der Waals surface area contributed by atoms with Crippen molar-refractivity contribution in [1.82, 2.24) is 15.1 Å². The van der Waals surface area contributed by atoms with Gasteiger partial charge in [0.25, 0.3) is 11.6 Å². The molecule has 1 heterocycles. The van der Waals surface area contributed by atoms with Crippen LogP contribution in [0.3, 0.4) is 0 Å². The normalized spacial score (nSPS) is 10.4. The summed E-state index contributed by atoms with van der Waals surface area (Å²) >= 11 is 0. The molecule has 8 heteroatoms. The van der Waals surface area contributed by atoms with Gasteiger partial charge in [0.15, 0.2) is 0 Å². The first kappa shape index (κ1) is 14.6. The van der Waals surface area contributed by atoms with Gasteiger partial charge in [-0.15, -0.1) is 0 Å². The highest BCUT2D eigenvalue weighted by Crippen LogP contribution is 2.21. The summed E-state index contributed by atoms with van der Waals surface area (Å²) in [6.45, 7) is 1.52. The standard InChI is InChI=1S/C13H13FN4O3/c1-8-5-10(18(20)21)6-11(12(8)14)13(19)15-7-9-3-4-16-17(9)2/h3-6H,7H2,1-2H3,(H,15,19). The highest BCUT2D eigenvalue weighted by atomic mass is 19.1. The van der Waals surface area contributed by atoms with Crippen LogP contribution in [0.15, 0.2) is 24.4 Å². The quantitative estimate of drug-likeness (QED) is 0.686. The third-order valence-electron chi connectivity index (χ3n) is 3.05. The molecule has 2 rings (SSSR count). The number of benzene rings is 1. The fourth-order valence-corrected chi connectivity index (χ4v) is 1.86. The molecule has 1 aromatic heterocycles. The average Bonchev–Trinajstić information content (AvgIpc) is 2.84. The molecular formula is C13H13FN4O3. The number of aromatic nitrogens is 2. The van der Waals surface area contributed by atoms with E-state index in [1.807, 2.05) is 0 Å². The van der Waals surface area contributed by atoms with Crippen LogP contribution in [-0.4, -0.2) is 20.6 Å². The van der Waals surface area contributed by atoms with Gasteiger partial charge >= 0.3 is 0 Å². The third kappa shape index (κ3) is 3.04. The molecule has 0 saturated heterocycles. The second-order valence-electron chi connectivity index (χ2n) is 4.51. The summed E-state index contributed by atoms with van der Waals surface area (Å²) in [5.74, 6) is -1.47. The van der Waals surface area contributed by atoms with Crippen LogP contribution in [0.2, 0.25) is 0 Å². The second-order valence-corrected chi connectivity index (χ2v) is 4.51. The van der Waals surface area contributed by atoms with Gasteiger partial charge in [-0.2, -0.15) is 5.10 Å². The van der Waals surface area contributed by atoms with E-state index >= 15 is 0 Å². The maximum absolute atomic E-state index is 13.9. The van der Waals surface area contributed by atoms with Crippen LogP contribution in [-0.2, 0) is 13.6 Å². The van der Waals surface area contributed by atoms with Gasteiger partial charge in [0.2, 0.25) is 0 Å². The zero-order valence-electron chi connectivity index (χ0n) is 11.5. The van der Waals surface area contributed by atoms with E-state index in [4.69, 9.17) is 0 Å². The molecule has 0 atom stereocenters. The molecule has 7 nitrogen and oxygen atoms in total. The summed E-state index contributed by atoms with van der Waals surface area (Å²) in [6, 6.07) is 3.73. The Morgan fingerprint density at radius 2 is 2.24 bits per heavy atom. The number of halogens is 1. The van der Waals surface area contributed by atoms with E-state index in [1.165, 1.54) is 6.92 Å². The molecule has 1 aromatic carbocycles. The van der Waals surface area contributed by atoms with Gasteiger partial charge in [-0.25, -0.2) is 4.39 Å². The Hall–Kier alpha value is -2.77. The van der Waals surface area contributed by atoms with Gasteiger partial charge in [-0.3, -0.25) is 19.6 Å². The molecule has 0 aliphatic carbocycles. The van der Waals surface area contributed by atoms with Crippen LogP contribution in [0.1, 0.15) is 21.6 Å². The molecule has 1 N–H and O–H groups in total. The summed E-state index contributed by atoms with van der Waals surface area (Å²) < 4.78 is 15.5. The van der Waals surface area contributed by atoms with Crippen LogP contribution in [0.4, 0.5) is 10.1 Å². The monoisotopic (exact) mass is 292 g/mol. The first-order valence-corrected chi connectivity index (χ1v) is 6.09. The molecule has 2 aromatic rings. The number of carbonyl (C=O) groups excluding carboxylic acids is 1. The lowest BCUT2D eigenvalue weighted by atomic mass is 10.1. The van der Waals surface area contributed by atoms with Gasteiger partial charge < -0.3 is 5.32 Å². The molecule has 1 amide bonds. The summed E-state index contributed by atoms with van der Waals surface area (Å²) in [7, 11) is 1.71. The number of nitro groups is 1. The molecule has 110 valence electrons. The van der Waals surface area contributed by atoms with E-state index in [2.05, 4.69) is 10.4 Å². The van der Waals surface area contributed by atoms with Gasteiger partial charge in [0, 0.05) is 25.4 Å². The van der Waals surface area contributed by atoms with E-state index in [0.29, 0.717) is 0 Å². The Balaban J connectivity index is 2.22. The molecule has 0 saturated carbocycles. The molecular weight excluding hydrogens is 279 g/mol. The number of nitrogens with zero attached hydrogens (tertiary/aromatic N) is 3. The fourth-order valence-electron chi connectivity index (χ4n) is 1.86. The van der Waals surface area contributed by atoms with Gasteiger partial charge in [0.05, 0.1) is 22.7 Å². The summed E-state index contributed by atoms with van der Waals surface area (Å²) in [4.78, 5) is 22.1. The number of non-ortho nitro benzene ring substituents is 1. The highest BCUT2D eigenvalue weighted by molar-refractivity contribution is 5.95. The first-order valence-electron chi connectivity index (χ1n) is 6.09. The summed E-state index contributed by atoms with van der Waals surface area (Å²) in [6.07, 6.45) is 1.57. The Kier molecular flexibility index (Phi) is 3.97. The minimum atomic E-state index is -0.761. The first-order chi connectivity index (χ1) is 9.90. The molecule has 21 heavy (non-hydrogen) atoms. The van der Waals surface area contributed by atoms with Gasteiger partial charge in [0.1, 0.15) is 5.82 Å². The Labute approximate surface area is 119 Å². The van der Waals surface area contributed by atoms with Crippen LogP contribution in [0.25, 0.3) is 0 Å². The lowest BCUT2D eigenvalue weighted by Gasteiger charge is -2.08. The largest absolute Gasteiger partial charge is 0.346 e. The lowest BCUT2D eigenvalue weighted by Crippen LogP contribution is -2.25. The minimum Gasteiger partial charge on any atom is -0.346 e. The molecule has 0 aliphatic rings. The highest BCUT2D eigenvalue weighted by Gasteiger charge is 2.19. The molecule has 0 fully saturated rings. The van der Waals surface area contributed by atoms with Crippen molar-refractivity contribution in [2.45, 2.75) is 13.5 Å². The number of nitro benzene ring substituents is 1. The van der Waals surface area contributed by atoms with E-state index in [9.17, 15) is 19.3 Å². The predicted molar refractivity (Wildman–Crippen MR) is 72.2 cm³/mol. The van der Waals surface area contributed by atoms with Crippen LogP contribution < -0.4 is 5.32 Å². The fraction of sp³-hybridized carbons (Fsp3) is 0.231. The zero-order chi connectivity index (χ0) is 15.6. The van der Waals surface area contributed by atoms with Crippen LogP contribution >= 0.6 is 0 Å². The Bertz CT molecular complexity index is 711. The van der Waals surface area contributed by atoms with E-state index in [1.54, 1.807) is 24.0 Å². The number of carbonyl (C=O) groups is 1. The summed E-state index contributed by atoms with van der Waals surface area (Å²) in [5.41, 5.74) is 0.115. The molecule has 0 unspecified atom stereocenters. The molecule has 0 spiro atoms. The second kappa shape index (κ2) is 5.70. The van der Waals surface area contributed by atoms with Crippen molar-refractivity contribution in [1.29, 1.82) is 0 Å². The number of amides is 1. The Morgan fingerprint density at radius 3 is 2.81 bits per heavy atom. The van der Waals surface area contributed by atoms with E-state index < -0.39 is 16.6 Å². The lowest BCUT2D eigenvalue weighted by molar-refractivity contribution is -0.385. The topological polar surface area (TPSA) is 90.1 Å². The van der Waals surface area contributed by atoms with Crippen molar-refractivity contribution >= 4 is 11.6 Å². The van der Waals surface area contributed by atoms with Crippen molar-refractivity contribution < 1.29 is 14.1 Å². The van der Waals surface area contributed by atoms with Crippen molar-refractivity contribution in [2.24, 2.45) is 7.05 Å². The predicted octanol–water partition coefficient (Wildman–Crippen LogP) is 1.71. The number of hydrogen-bond donors (Lipinski definition) is 1. The van der Waals surface area contributed by atoms with E-state index in [0.717, 1.165) is 17.8 Å². The third-order valence-corrected chi connectivity index (χ3v) is 3.05. The van der Waals surface area contributed by atoms with Crippen molar-refractivity contribution in [3.8, 4) is 0 Å². The van der Waals surface area contributed by atoms with E-state index in [-0.39, 0.29) is 23.4 Å². The van der Waals surface area contributed by atoms with Crippen LogP contribution in [0.5, 0.6) is 0 Å². The molecule has 0 aliphatic heterocycles. The van der Waals surface area contributed by atoms with Gasteiger partial charge in [-0.05, 0) is 18.6 Å². The van der Waals surface area contributed by atoms with Crippen molar-refractivity contribution in [3.05, 3.63) is 57.1 Å². The van der Waals surface area contributed by atoms with Crippen molar-refractivity contribution in [3.63, 3.8) is 0 Å². The van der Waals surface area contributed by atoms with Crippen LogP contribution in [0, 0.1) is 22.9 Å². The number of rotatable bonds is 4. The maximum atomic E-state index is 13.9. The SMILES string of the molecule is Cc1cc([N+](=O)[O-])cc(C(=O)NCc2ccnn2C)c1F. The number of aryl methyl sites for hydroxylation is 2. The summed E-state index contributed by atoms with van der Waals surface area (Å²) in [5, 5.41) is 17.2. The smallest absolute Gasteiger partial charge is 0.270 e.